The maximum atomic E-state index is 4.55. The monoisotopic (exact) mass is 308 g/mol. The SMILES string of the molecule is Cc1ccsc1[C@H](C)N[C@@H](c1ccccc1)c1ccccn1. The van der Waals surface area contributed by atoms with Gasteiger partial charge in [0.05, 0.1) is 11.7 Å². The molecule has 0 aliphatic carbocycles. The first kappa shape index (κ1) is 14.9. The van der Waals surface area contributed by atoms with Crippen LogP contribution in [0.2, 0.25) is 0 Å². The molecule has 112 valence electrons. The van der Waals surface area contributed by atoms with Gasteiger partial charge in [-0.3, -0.25) is 10.3 Å². The van der Waals surface area contributed by atoms with E-state index in [4.69, 9.17) is 0 Å². The molecule has 0 bridgehead atoms. The fraction of sp³-hybridized carbons (Fsp3) is 0.211. The van der Waals surface area contributed by atoms with Crippen molar-refractivity contribution in [3.05, 3.63) is 87.9 Å². The van der Waals surface area contributed by atoms with Crippen LogP contribution in [0.3, 0.4) is 0 Å². The third-order valence-electron chi connectivity index (χ3n) is 3.83. The maximum absolute atomic E-state index is 4.55. The molecule has 2 atom stereocenters. The number of hydrogen-bond donors (Lipinski definition) is 1. The van der Waals surface area contributed by atoms with Gasteiger partial charge in [-0.2, -0.15) is 0 Å². The molecule has 0 amide bonds. The van der Waals surface area contributed by atoms with E-state index in [1.165, 1.54) is 16.0 Å². The summed E-state index contributed by atoms with van der Waals surface area (Å²) in [7, 11) is 0. The summed E-state index contributed by atoms with van der Waals surface area (Å²) >= 11 is 1.81. The van der Waals surface area contributed by atoms with Gasteiger partial charge >= 0.3 is 0 Å². The lowest BCUT2D eigenvalue weighted by Crippen LogP contribution is -2.26. The molecule has 2 nitrogen and oxygen atoms in total. The van der Waals surface area contributed by atoms with Gasteiger partial charge < -0.3 is 0 Å². The Hall–Kier alpha value is -1.97. The Bertz CT molecular complexity index is 667. The molecule has 1 N–H and O–H groups in total. The molecule has 3 heteroatoms. The lowest BCUT2D eigenvalue weighted by molar-refractivity contribution is 0.513. The second-order valence-corrected chi connectivity index (χ2v) is 6.40. The molecule has 0 aliphatic rings. The van der Waals surface area contributed by atoms with Gasteiger partial charge in [0.15, 0.2) is 0 Å². The zero-order chi connectivity index (χ0) is 15.4. The van der Waals surface area contributed by atoms with Crippen molar-refractivity contribution >= 4 is 11.3 Å². The number of rotatable bonds is 5. The highest BCUT2D eigenvalue weighted by atomic mass is 32.1. The van der Waals surface area contributed by atoms with Gasteiger partial charge in [-0.25, -0.2) is 0 Å². The highest BCUT2D eigenvalue weighted by Crippen LogP contribution is 2.28. The van der Waals surface area contributed by atoms with E-state index < -0.39 is 0 Å². The van der Waals surface area contributed by atoms with Crippen molar-refractivity contribution < 1.29 is 0 Å². The Labute approximate surface area is 135 Å². The summed E-state index contributed by atoms with van der Waals surface area (Å²) in [6.45, 7) is 4.39. The van der Waals surface area contributed by atoms with E-state index in [0.717, 1.165) is 5.69 Å². The Morgan fingerprint density at radius 1 is 1.00 bits per heavy atom. The van der Waals surface area contributed by atoms with E-state index in [9.17, 15) is 0 Å². The second-order valence-electron chi connectivity index (χ2n) is 5.45. The standard InChI is InChI=1S/C19H20N2S/c1-14-11-13-22-19(14)15(2)21-18(16-8-4-3-5-9-16)17-10-6-7-12-20-17/h3-13,15,18,21H,1-2H3/t15-,18-/m0/s1. The van der Waals surface area contributed by atoms with Crippen molar-refractivity contribution in [3.63, 3.8) is 0 Å². The van der Waals surface area contributed by atoms with Crippen molar-refractivity contribution in [2.24, 2.45) is 0 Å². The molecular weight excluding hydrogens is 288 g/mol. The highest BCUT2D eigenvalue weighted by molar-refractivity contribution is 7.10. The van der Waals surface area contributed by atoms with Crippen LogP contribution >= 0.6 is 11.3 Å². The van der Waals surface area contributed by atoms with E-state index in [2.05, 4.69) is 65.9 Å². The molecule has 2 heterocycles. The molecule has 0 fully saturated rings. The van der Waals surface area contributed by atoms with Gasteiger partial charge in [-0.15, -0.1) is 11.3 Å². The molecule has 2 aromatic heterocycles. The Kier molecular flexibility index (Phi) is 4.66. The van der Waals surface area contributed by atoms with Crippen molar-refractivity contribution in [3.8, 4) is 0 Å². The van der Waals surface area contributed by atoms with Crippen LogP contribution in [0.1, 0.15) is 40.7 Å². The van der Waals surface area contributed by atoms with Gasteiger partial charge in [0.1, 0.15) is 0 Å². The van der Waals surface area contributed by atoms with Crippen LogP contribution < -0.4 is 5.32 Å². The number of nitrogens with one attached hydrogen (secondary N) is 1. The van der Waals surface area contributed by atoms with Crippen molar-refractivity contribution in [1.82, 2.24) is 10.3 Å². The molecule has 0 aliphatic heterocycles. The third-order valence-corrected chi connectivity index (χ3v) is 5.03. The van der Waals surface area contributed by atoms with Crippen LogP contribution in [-0.2, 0) is 0 Å². The molecule has 0 unspecified atom stereocenters. The number of aromatic nitrogens is 1. The molecule has 0 saturated heterocycles. The molecule has 0 saturated carbocycles. The first-order valence-electron chi connectivity index (χ1n) is 7.51. The fourth-order valence-corrected chi connectivity index (χ4v) is 3.64. The maximum Gasteiger partial charge on any atom is 0.0756 e. The van der Waals surface area contributed by atoms with Crippen molar-refractivity contribution in [2.45, 2.75) is 25.9 Å². The number of hydrogen-bond acceptors (Lipinski definition) is 3. The summed E-state index contributed by atoms with van der Waals surface area (Å²) in [5, 5.41) is 5.89. The lowest BCUT2D eigenvalue weighted by Gasteiger charge is -2.23. The number of nitrogens with zero attached hydrogens (tertiary/aromatic N) is 1. The summed E-state index contributed by atoms with van der Waals surface area (Å²) < 4.78 is 0. The number of aryl methyl sites for hydroxylation is 1. The molecular formula is C19H20N2S. The van der Waals surface area contributed by atoms with Crippen molar-refractivity contribution in [1.29, 1.82) is 0 Å². The number of benzene rings is 1. The molecule has 3 rings (SSSR count). The highest BCUT2D eigenvalue weighted by Gasteiger charge is 2.19. The van der Waals surface area contributed by atoms with Crippen molar-refractivity contribution in [2.75, 3.05) is 0 Å². The Morgan fingerprint density at radius 3 is 2.41 bits per heavy atom. The first-order chi connectivity index (χ1) is 10.8. The van der Waals surface area contributed by atoms with Gasteiger partial charge in [0.25, 0.3) is 0 Å². The first-order valence-corrected chi connectivity index (χ1v) is 8.39. The van der Waals surface area contributed by atoms with Gasteiger partial charge in [-0.1, -0.05) is 36.4 Å². The second kappa shape index (κ2) is 6.86. The predicted octanol–water partition coefficient (Wildman–Crippen LogP) is 4.89. The molecule has 0 spiro atoms. The minimum atomic E-state index is 0.0962. The van der Waals surface area contributed by atoms with E-state index in [1.54, 1.807) is 0 Å². The lowest BCUT2D eigenvalue weighted by atomic mass is 10.0. The average Bonchev–Trinajstić information content (AvgIpc) is 3.00. The quantitative estimate of drug-likeness (QED) is 0.725. The Balaban J connectivity index is 1.91. The Morgan fingerprint density at radius 2 is 1.77 bits per heavy atom. The molecule has 3 aromatic rings. The zero-order valence-corrected chi connectivity index (χ0v) is 13.7. The van der Waals surface area contributed by atoms with E-state index >= 15 is 0 Å². The van der Waals surface area contributed by atoms with Crippen LogP contribution in [0.5, 0.6) is 0 Å². The normalized spacial score (nSPS) is 13.7. The van der Waals surface area contributed by atoms with Crippen LogP contribution in [0.4, 0.5) is 0 Å². The summed E-state index contributed by atoms with van der Waals surface area (Å²) in [6, 6.07) is 19.1. The minimum Gasteiger partial charge on any atom is -0.297 e. The average molecular weight is 308 g/mol. The summed E-state index contributed by atoms with van der Waals surface area (Å²) in [6.07, 6.45) is 1.86. The molecule has 22 heavy (non-hydrogen) atoms. The van der Waals surface area contributed by atoms with Crippen LogP contribution in [0, 0.1) is 6.92 Å². The predicted molar refractivity (Wildman–Crippen MR) is 93.1 cm³/mol. The minimum absolute atomic E-state index is 0.0962. The summed E-state index contributed by atoms with van der Waals surface area (Å²) in [5.41, 5.74) is 3.63. The van der Waals surface area contributed by atoms with Gasteiger partial charge in [-0.05, 0) is 48.6 Å². The zero-order valence-electron chi connectivity index (χ0n) is 12.9. The van der Waals surface area contributed by atoms with E-state index in [0.29, 0.717) is 0 Å². The molecule has 1 aromatic carbocycles. The van der Waals surface area contributed by atoms with Gasteiger partial charge in [0.2, 0.25) is 0 Å². The number of pyridine rings is 1. The van der Waals surface area contributed by atoms with Crippen LogP contribution in [-0.4, -0.2) is 4.98 Å². The summed E-state index contributed by atoms with van der Waals surface area (Å²) in [4.78, 5) is 5.94. The molecule has 0 radical (unpaired) electrons. The number of thiophene rings is 1. The topological polar surface area (TPSA) is 24.9 Å². The van der Waals surface area contributed by atoms with E-state index in [1.807, 2.05) is 35.7 Å². The fourth-order valence-electron chi connectivity index (χ4n) is 2.70. The smallest absolute Gasteiger partial charge is 0.0756 e. The third kappa shape index (κ3) is 3.26. The van der Waals surface area contributed by atoms with Gasteiger partial charge in [0, 0.05) is 17.1 Å². The van der Waals surface area contributed by atoms with E-state index in [-0.39, 0.29) is 12.1 Å². The van der Waals surface area contributed by atoms with Crippen LogP contribution in [0.15, 0.2) is 66.2 Å². The van der Waals surface area contributed by atoms with Crippen LogP contribution in [0.25, 0.3) is 0 Å². The summed E-state index contributed by atoms with van der Waals surface area (Å²) in [5.74, 6) is 0. The largest absolute Gasteiger partial charge is 0.297 e.